The third-order valence-corrected chi connectivity index (χ3v) is 2.76. The summed E-state index contributed by atoms with van der Waals surface area (Å²) >= 11 is 0. The molecular weight excluding hydrogens is 279 g/mol. The van der Waals surface area contributed by atoms with Gasteiger partial charge in [0.15, 0.2) is 12.4 Å². The molecule has 0 aliphatic rings. The van der Waals surface area contributed by atoms with Gasteiger partial charge in [0.05, 0.1) is 0 Å². The van der Waals surface area contributed by atoms with Gasteiger partial charge in [-0.05, 0) is 52.7 Å². The van der Waals surface area contributed by atoms with Gasteiger partial charge in [0.25, 0.3) is 0 Å². The van der Waals surface area contributed by atoms with Crippen LogP contribution in [0.5, 0.6) is 5.75 Å². The van der Waals surface area contributed by atoms with Crippen LogP contribution in [0.3, 0.4) is 0 Å². The Labute approximate surface area is 119 Å². The first-order valence-corrected chi connectivity index (χ1v) is 6.00. The number of ketones is 1. The number of hydrogen-bond donors (Lipinski definition) is 0. The predicted molar refractivity (Wildman–Crippen MR) is 71.9 cm³/mol. The lowest BCUT2D eigenvalue weighted by Gasteiger charge is -2.06. The number of nitrogens with zero attached hydrogens (tertiary/aromatic N) is 2. The second-order valence-electron chi connectivity index (χ2n) is 4.26. The molecule has 2 rings (SSSR count). The van der Waals surface area contributed by atoms with Crippen LogP contribution >= 0.6 is 0 Å². The minimum Gasteiger partial charge on any atom is -0.477 e. The van der Waals surface area contributed by atoms with Crippen LogP contribution in [-0.4, -0.2) is 22.3 Å². The van der Waals surface area contributed by atoms with Crippen LogP contribution in [0.15, 0.2) is 36.5 Å². The van der Waals surface area contributed by atoms with Gasteiger partial charge >= 0.3 is 5.82 Å². The minimum absolute atomic E-state index is 0.0883. The zero-order valence-electron chi connectivity index (χ0n) is 11.1. The molecule has 0 radical (unpaired) electrons. The van der Waals surface area contributed by atoms with E-state index in [1.165, 1.54) is 36.5 Å². The summed E-state index contributed by atoms with van der Waals surface area (Å²) in [6.45, 7) is 1.15. The molecule has 0 N–H and O–H groups in total. The number of carbonyl (C=O) groups excluding carboxylic acids is 1. The first-order chi connectivity index (χ1) is 9.99. The number of Topliss-reactive ketones (excluding diaryl/α,β-unsaturated/α-hetero) is 1. The number of benzene rings is 1. The van der Waals surface area contributed by atoms with Crippen LogP contribution < -0.4 is 4.74 Å². The Bertz CT molecular complexity index is 703. The van der Waals surface area contributed by atoms with E-state index in [1.807, 2.05) is 0 Å². The van der Waals surface area contributed by atoms with Crippen LogP contribution in [0.4, 0.5) is 10.2 Å². The molecular formula is C14H11FN2O4. The normalized spacial score (nSPS) is 10.2. The molecule has 6 nitrogen and oxygen atoms in total. The molecule has 0 saturated heterocycles. The summed E-state index contributed by atoms with van der Waals surface area (Å²) in [4.78, 5) is 25.6. The Morgan fingerprint density at radius 2 is 2.19 bits per heavy atom. The van der Waals surface area contributed by atoms with Crippen LogP contribution in [0.25, 0.3) is 0 Å². The first-order valence-electron chi connectivity index (χ1n) is 6.00. The number of hydrogen-bond acceptors (Lipinski definition) is 5. The summed E-state index contributed by atoms with van der Waals surface area (Å²) in [5, 5.41) is 10.8. The van der Waals surface area contributed by atoms with Crippen molar-refractivity contribution in [3.63, 3.8) is 0 Å². The van der Waals surface area contributed by atoms with Crippen molar-refractivity contribution in [2.75, 3.05) is 6.61 Å². The summed E-state index contributed by atoms with van der Waals surface area (Å²) in [7, 11) is 0. The van der Waals surface area contributed by atoms with Crippen molar-refractivity contribution in [2.24, 2.45) is 0 Å². The van der Waals surface area contributed by atoms with E-state index >= 15 is 0 Å². The highest BCUT2D eigenvalue weighted by atomic mass is 19.1. The standard InChI is InChI=1S/C14H11FN2O4/c1-9-7-10(4-5-11(9)15)12(18)8-21-13-3-2-6-16-14(13)17(19)20/h2-7H,8H2,1H3. The summed E-state index contributed by atoms with van der Waals surface area (Å²) in [6, 6.07) is 6.75. The highest BCUT2D eigenvalue weighted by molar-refractivity contribution is 5.97. The number of aryl methyl sites for hydroxylation is 1. The highest BCUT2D eigenvalue weighted by Crippen LogP contribution is 2.23. The van der Waals surface area contributed by atoms with Gasteiger partial charge in [-0.2, -0.15) is 0 Å². The van der Waals surface area contributed by atoms with Gasteiger partial charge in [0, 0.05) is 5.56 Å². The van der Waals surface area contributed by atoms with Crippen LogP contribution in [0.1, 0.15) is 15.9 Å². The zero-order valence-corrected chi connectivity index (χ0v) is 11.1. The monoisotopic (exact) mass is 290 g/mol. The Morgan fingerprint density at radius 3 is 2.86 bits per heavy atom. The van der Waals surface area contributed by atoms with Crippen LogP contribution in [0, 0.1) is 22.9 Å². The molecule has 2 aromatic rings. The van der Waals surface area contributed by atoms with Crippen molar-refractivity contribution in [1.29, 1.82) is 0 Å². The molecule has 0 amide bonds. The number of nitro groups is 1. The lowest BCUT2D eigenvalue weighted by molar-refractivity contribution is -0.390. The highest BCUT2D eigenvalue weighted by Gasteiger charge is 2.17. The minimum atomic E-state index is -0.693. The van der Waals surface area contributed by atoms with E-state index < -0.39 is 28.9 Å². The predicted octanol–water partition coefficient (Wildman–Crippen LogP) is 2.70. The maximum atomic E-state index is 13.1. The maximum absolute atomic E-state index is 13.1. The Balaban J connectivity index is 2.11. The molecule has 108 valence electrons. The SMILES string of the molecule is Cc1cc(C(=O)COc2cccnc2[N+](=O)[O-])ccc1F. The largest absolute Gasteiger partial charge is 0.477 e. The molecule has 0 spiro atoms. The topological polar surface area (TPSA) is 82.3 Å². The average molecular weight is 290 g/mol. The number of pyridine rings is 1. The van der Waals surface area contributed by atoms with Crippen molar-refractivity contribution in [3.8, 4) is 5.75 Å². The molecule has 21 heavy (non-hydrogen) atoms. The maximum Gasteiger partial charge on any atom is 0.406 e. The Kier molecular flexibility index (Phi) is 4.22. The lowest BCUT2D eigenvalue weighted by atomic mass is 10.1. The number of aromatic nitrogens is 1. The molecule has 1 aromatic carbocycles. The Hall–Kier alpha value is -2.83. The summed E-state index contributed by atoms with van der Waals surface area (Å²) in [5.74, 6) is -1.36. The molecule has 0 bridgehead atoms. The van der Waals surface area contributed by atoms with Crippen LogP contribution in [-0.2, 0) is 0 Å². The number of halogens is 1. The lowest BCUT2D eigenvalue weighted by Crippen LogP contribution is -2.13. The smallest absolute Gasteiger partial charge is 0.406 e. The molecule has 0 aliphatic carbocycles. The summed E-state index contributed by atoms with van der Waals surface area (Å²) in [6.07, 6.45) is 1.26. The van der Waals surface area contributed by atoms with Gasteiger partial charge in [-0.25, -0.2) is 4.39 Å². The van der Waals surface area contributed by atoms with Gasteiger partial charge < -0.3 is 14.9 Å². The number of ether oxygens (including phenoxy) is 1. The fourth-order valence-corrected chi connectivity index (χ4v) is 1.68. The molecule has 0 atom stereocenters. The van der Waals surface area contributed by atoms with E-state index in [-0.39, 0.29) is 11.3 Å². The Morgan fingerprint density at radius 1 is 1.43 bits per heavy atom. The average Bonchev–Trinajstić information content (AvgIpc) is 2.47. The van der Waals surface area contributed by atoms with Crippen molar-refractivity contribution in [3.05, 3.63) is 63.6 Å². The van der Waals surface area contributed by atoms with Crippen LogP contribution in [0.2, 0.25) is 0 Å². The fraction of sp³-hybridized carbons (Fsp3) is 0.143. The fourth-order valence-electron chi connectivity index (χ4n) is 1.68. The van der Waals surface area contributed by atoms with Gasteiger partial charge in [0.1, 0.15) is 12.0 Å². The van der Waals surface area contributed by atoms with Gasteiger partial charge in [0.2, 0.25) is 5.75 Å². The number of rotatable bonds is 5. The van der Waals surface area contributed by atoms with E-state index in [1.54, 1.807) is 6.92 Å². The van der Waals surface area contributed by atoms with Crippen molar-refractivity contribution < 1.29 is 18.8 Å². The molecule has 0 saturated carbocycles. The van der Waals surface area contributed by atoms with E-state index in [2.05, 4.69) is 4.98 Å². The first kappa shape index (κ1) is 14.6. The summed E-state index contributed by atoms with van der Waals surface area (Å²) < 4.78 is 18.3. The second-order valence-corrected chi connectivity index (χ2v) is 4.26. The van der Waals surface area contributed by atoms with Crippen molar-refractivity contribution in [2.45, 2.75) is 6.92 Å². The van der Waals surface area contributed by atoms with Gasteiger partial charge in [-0.1, -0.05) is 0 Å². The quantitative estimate of drug-likeness (QED) is 0.480. The molecule has 0 unspecified atom stereocenters. The second kappa shape index (κ2) is 6.08. The number of carbonyl (C=O) groups is 1. The third-order valence-electron chi connectivity index (χ3n) is 2.76. The molecule has 0 fully saturated rings. The van der Waals surface area contributed by atoms with Gasteiger partial charge in [-0.15, -0.1) is 0 Å². The summed E-state index contributed by atoms with van der Waals surface area (Å²) in [5.41, 5.74) is 0.619. The van der Waals surface area contributed by atoms with Crippen molar-refractivity contribution >= 4 is 11.6 Å². The van der Waals surface area contributed by atoms with Gasteiger partial charge in [-0.3, -0.25) is 4.79 Å². The molecule has 7 heteroatoms. The third kappa shape index (κ3) is 3.38. The van der Waals surface area contributed by atoms with E-state index in [9.17, 15) is 19.3 Å². The molecule has 1 heterocycles. The zero-order chi connectivity index (χ0) is 15.4. The van der Waals surface area contributed by atoms with Crippen molar-refractivity contribution in [1.82, 2.24) is 4.98 Å². The van der Waals surface area contributed by atoms with E-state index in [0.29, 0.717) is 5.56 Å². The molecule has 0 aliphatic heterocycles. The molecule has 1 aromatic heterocycles. The van der Waals surface area contributed by atoms with E-state index in [0.717, 1.165) is 0 Å². The van der Waals surface area contributed by atoms with E-state index in [4.69, 9.17) is 4.74 Å².